The first kappa shape index (κ1) is 26.6. The number of rotatable bonds is 4. The number of guanidine groups is 2. The van der Waals surface area contributed by atoms with Crippen molar-refractivity contribution < 1.29 is 35.5 Å². The summed E-state index contributed by atoms with van der Waals surface area (Å²) in [6, 6.07) is 10.6. The number of benzene rings is 1. The summed E-state index contributed by atoms with van der Waals surface area (Å²) in [5.74, 6) is 5.44. The van der Waals surface area contributed by atoms with Gasteiger partial charge in [0.05, 0.1) is 10.8 Å². The molecule has 3 rings (SSSR count). The molecular formula is C21H23N7O6S2. The van der Waals surface area contributed by atoms with Crippen LogP contribution in [-0.4, -0.2) is 48.5 Å². The van der Waals surface area contributed by atoms with E-state index >= 15 is 0 Å². The Hall–Kier alpha value is -3.97. The van der Waals surface area contributed by atoms with E-state index in [-0.39, 0.29) is 17.5 Å². The third-order valence-corrected chi connectivity index (χ3v) is 7.52. The van der Waals surface area contributed by atoms with Gasteiger partial charge in [0, 0.05) is 35.9 Å². The number of nitrogens with one attached hydrogen (secondary N) is 2. The molecule has 15 heteroatoms. The lowest BCUT2D eigenvalue weighted by Crippen LogP contribution is -2.84. The molecule has 1 aliphatic heterocycles. The SMILES string of the molecule is C[n+]1ccccc1-c1ccc(N=C(N)[NH+]=C(N)N)cc1C#CC1=CN[C@H](S(=O)(=O)[O-])[C@H](S(=O)(=O)[O-])C1. The van der Waals surface area contributed by atoms with Crippen molar-refractivity contribution in [2.75, 3.05) is 0 Å². The number of aryl methyl sites for hydroxylation is 1. The average Bonchev–Trinajstić information content (AvgIpc) is 2.76. The van der Waals surface area contributed by atoms with Gasteiger partial charge in [0.2, 0.25) is 5.69 Å². The highest BCUT2D eigenvalue weighted by Crippen LogP contribution is 2.26. The quantitative estimate of drug-likeness (QED) is 0.0854. The van der Waals surface area contributed by atoms with E-state index in [1.807, 2.05) is 36.0 Å². The fourth-order valence-electron chi connectivity index (χ4n) is 3.48. The molecule has 2 aromatic rings. The van der Waals surface area contributed by atoms with Gasteiger partial charge in [0.1, 0.15) is 38.3 Å². The average molecular weight is 534 g/mol. The highest BCUT2D eigenvalue weighted by Gasteiger charge is 2.35. The number of allylic oxidation sites excluding steroid dienone is 1. The van der Waals surface area contributed by atoms with Crippen LogP contribution in [0.1, 0.15) is 12.0 Å². The Morgan fingerprint density at radius 1 is 1.11 bits per heavy atom. The van der Waals surface area contributed by atoms with Crippen LogP contribution in [0.15, 0.2) is 59.4 Å². The van der Waals surface area contributed by atoms with Crippen LogP contribution in [0.4, 0.5) is 5.69 Å². The molecule has 2 heterocycles. The van der Waals surface area contributed by atoms with E-state index in [1.165, 1.54) is 0 Å². The molecule has 0 saturated carbocycles. The number of nitrogens with zero attached hydrogens (tertiary/aromatic N) is 2. The van der Waals surface area contributed by atoms with Gasteiger partial charge in [-0.25, -0.2) is 26.4 Å². The Kier molecular flexibility index (Phi) is 7.65. The van der Waals surface area contributed by atoms with Crippen LogP contribution >= 0.6 is 0 Å². The minimum Gasteiger partial charge on any atom is -0.748 e. The maximum absolute atomic E-state index is 11.6. The Morgan fingerprint density at radius 2 is 1.83 bits per heavy atom. The molecule has 36 heavy (non-hydrogen) atoms. The molecule has 0 amide bonds. The zero-order valence-corrected chi connectivity index (χ0v) is 20.5. The first-order valence-corrected chi connectivity index (χ1v) is 13.1. The minimum absolute atomic E-state index is 0.0699. The van der Waals surface area contributed by atoms with Crippen LogP contribution in [0.3, 0.4) is 0 Å². The summed E-state index contributed by atoms with van der Waals surface area (Å²) in [7, 11) is -8.40. The van der Waals surface area contributed by atoms with E-state index in [0.29, 0.717) is 16.8 Å². The van der Waals surface area contributed by atoms with E-state index in [2.05, 4.69) is 27.1 Å². The van der Waals surface area contributed by atoms with Gasteiger partial charge < -0.3 is 31.6 Å². The normalized spacial score (nSPS) is 18.3. The van der Waals surface area contributed by atoms with Gasteiger partial charge >= 0.3 is 5.96 Å². The lowest BCUT2D eigenvalue weighted by atomic mass is 10.0. The molecule has 0 bridgehead atoms. The molecule has 0 spiro atoms. The van der Waals surface area contributed by atoms with Gasteiger partial charge in [-0.3, -0.25) is 0 Å². The van der Waals surface area contributed by atoms with Crippen molar-refractivity contribution in [3.05, 3.63) is 59.9 Å². The second-order valence-corrected chi connectivity index (χ2v) is 10.8. The van der Waals surface area contributed by atoms with Crippen molar-refractivity contribution in [2.24, 2.45) is 29.2 Å². The zero-order chi connectivity index (χ0) is 26.7. The van der Waals surface area contributed by atoms with Crippen LogP contribution in [-0.2, 0) is 27.3 Å². The number of aromatic nitrogens is 1. The van der Waals surface area contributed by atoms with E-state index in [0.717, 1.165) is 11.9 Å². The number of nitrogens with two attached hydrogens (primary N) is 3. The molecule has 0 aliphatic carbocycles. The first-order chi connectivity index (χ1) is 16.8. The third kappa shape index (κ3) is 6.58. The molecule has 1 aliphatic rings. The second-order valence-electron chi connectivity index (χ2n) is 7.74. The van der Waals surface area contributed by atoms with E-state index in [4.69, 9.17) is 17.2 Å². The number of pyridine rings is 1. The van der Waals surface area contributed by atoms with Crippen molar-refractivity contribution in [3.63, 3.8) is 0 Å². The highest BCUT2D eigenvalue weighted by atomic mass is 32.2. The largest absolute Gasteiger partial charge is 0.748 e. The standard InChI is InChI=1S/C21H23N7O6S2/c1-28-9-3-2-4-17(28)16-8-7-15(26-21(24)27-20(22)23)11-14(16)6-5-13-10-18(35(29,30)31)19(25-12-13)36(32,33)34/h2-4,7-9,11-12,18-19H,10H2,1H3,(H8,22,23,24,25,26,27,29,30,31,32,33,34)/t18-,19-/m1/s1. The summed E-state index contributed by atoms with van der Waals surface area (Å²) < 4.78 is 71.0. The molecule has 1 aromatic heterocycles. The van der Waals surface area contributed by atoms with Crippen molar-refractivity contribution >= 4 is 37.8 Å². The summed E-state index contributed by atoms with van der Waals surface area (Å²) in [5.41, 5.74) is 18.9. The predicted molar refractivity (Wildman–Crippen MR) is 128 cm³/mol. The maximum atomic E-state index is 11.6. The molecule has 190 valence electrons. The summed E-state index contributed by atoms with van der Waals surface area (Å²) in [5, 5.41) is -1.94. The predicted octanol–water partition coefficient (Wildman–Crippen LogP) is -3.51. The van der Waals surface area contributed by atoms with Crippen LogP contribution in [0.2, 0.25) is 0 Å². The van der Waals surface area contributed by atoms with Gasteiger partial charge in [0.15, 0.2) is 6.20 Å². The molecule has 2 atom stereocenters. The molecular weight excluding hydrogens is 510 g/mol. The summed E-state index contributed by atoms with van der Waals surface area (Å²) >= 11 is 0. The second kappa shape index (κ2) is 10.3. The third-order valence-electron chi connectivity index (χ3n) is 5.08. The van der Waals surface area contributed by atoms with Gasteiger partial charge in [-0.1, -0.05) is 11.8 Å². The van der Waals surface area contributed by atoms with Gasteiger partial charge in [-0.05, 0) is 24.3 Å². The number of aliphatic imine (C=N–C) groups is 1. The Balaban J connectivity index is 2.10. The molecule has 0 saturated heterocycles. The number of hydrogen-bond acceptors (Lipinski definition) is 8. The molecule has 0 radical (unpaired) electrons. The minimum atomic E-state index is -5.13. The summed E-state index contributed by atoms with van der Waals surface area (Å²) in [6.45, 7) is 0. The van der Waals surface area contributed by atoms with Gasteiger partial charge in [-0.15, -0.1) is 4.99 Å². The summed E-state index contributed by atoms with van der Waals surface area (Å²) in [4.78, 5) is 6.64. The van der Waals surface area contributed by atoms with Crippen LogP contribution in [0, 0.1) is 11.8 Å². The lowest BCUT2D eigenvalue weighted by Gasteiger charge is -2.34. The fourth-order valence-corrected chi connectivity index (χ4v) is 5.76. The summed E-state index contributed by atoms with van der Waals surface area (Å²) in [6.07, 6.45) is 2.40. The van der Waals surface area contributed by atoms with Crippen molar-refractivity contribution in [3.8, 4) is 23.1 Å². The molecule has 0 unspecified atom stereocenters. The van der Waals surface area contributed by atoms with Crippen molar-refractivity contribution in [1.29, 1.82) is 0 Å². The molecule has 1 aromatic carbocycles. The first-order valence-electron chi connectivity index (χ1n) is 10.2. The van der Waals surface area contributed by atoms with Crippen molar-refractivity contribution in [2.45, 2.75) is 17.0 Å². The molecule has 8 N–H and O–H groups in total. The number of hydrogen-bond donors (Lipinski definition) is 5. The van der Waals surface area contributed by atoms with E-state index < -0.39 is 37.3 Å². The molecule has 13 nitrogen and oxygen atoms in total. The zero-order valence-electron chi connectivity index (χ0n) is 18.9. The molecule has 0 fully saturated rings. The Bertz CT molecular complexity index is 1550. The smallest absolute Gasteiger partial charge is 0.316 e. The van der Waals surface area contributed by atoms with Crippen molar-refractivity contribution in [1.82, 2.24) is 5.32 Å². The monoisotopic (exact) mass is 533 g/mol. The lowest BCUT2D eigenvalue weighted by molar-refractivity contribution is -0.660. The highest BCUT2D eigenvalue weighted by molar-refractivity contribution is 7.90. The topological polar surface area (TPSA) is 235 Å². The van der Waals surface area contributed by atoms with Crippen LogP contribution < -0.4 is 32.1 Å². The Labute approximate surface area is 207 Å². The van der Waals surface area contributed by atoms with E-state index in [9.17, 15) is 25.9 Å². The fraction of sp³-hybridized carbons (Fsp3) is 0.190. The van der Waals surface area contributed by atoms with Crippen LogP contribution in [0.5, 0.6) is 0 Å². The Morgan fingerprint density at radius 3 is 2.44 bits per heavy atom. The van der Waals surface area contributed by atoms with Gasteiger partial charge in [0.25, 0.3) is 5.96 Å². The van der Waals surface area contributed by atoms with Gasteiger partial charge in [-0.2, -0.15) is 0 Å². The van der Waals surface area contributed by atoms with E-state index in [1.54, 1.807) is 18.2 Å². The van der Waals surface area contributed by atoms with Crippen LogP contribution in [0.25, 0.3) is 11.3 Å². The maximum Gasteiger partial charge on any atom is 0.316 e.